The summed E-state index contributed by atoms with van der Waals surface area (Å²) in [5.41, 5.74) is 1.72. The van der Waals surface area contributed by atoms with E-state index in [9.17, 15) is 4.79 Å². The molecule has 2 heterocycles. The molecule has 0 bridgehead atoms. The minimum Gasteiger partial charge on any atom is -0.497 e. The minimum atomic E-state index is -0.0397. The number of pyridine rings is 1. The highest BCUT2D eigenvalue weighted by Gasteiger charge is 2.37. The van der Waals surface area contributed by atoms with E-state index in [0.717, 1.165) is 0 Å². The van der Waals surface area contributed by atoms with Crippen LogP contribution in [0.4, 0.5) is 0 Å². The lowest BCUT2D eigenvalue weighted by Gasteiger charge is -2.18. The number of methoxy groups -OCH3 is 3. The molecule has 1 fully saturated rings. The predicted octanol–water partition coefficient (Wildman–Crippen LogP) is 2.60. The minimum absolute atomic E-state index is 0.0397. The van der Waals surface area contributed by atoms with Gasteiger partial charge in [-0.25, -0.2) is 0 Å². The normalized spacial score (nSPS) is 19.4. The van der Waals surface area contributed by atoms with Gasteiger partial charge in [0.15, 0.2) is 0 Å². The molecule has 1 saturated heterocycles. The van der Waals surface area contributed by atoms with Crippen molar-refractivity contribution in [3.8, 4) is 11.5 Å². The molecule has 3 rings (SSSR count). The van der Waals surface area contributed by atoms with Crippen LogP contribution in [0, 0.1) is 5.92 Å². The zero-order valence-corrected chi connectivity index (χ0v) is 15.3. The first-order valence-electron chi connectivity index (χ1n) is 8.58. The van der Waals surface area contributed by atoms with Gasteiger partial charge in [-0.05, 0) is 29.8 Å². The number of amides is 1. The van der Waals surface area contributed by atoms with Gasteiger partial charge in [-0.2, -0.15) is 0 Å². The second kappa shape index (κ2) is 8.19. The average molecular weight is 356 g/mol. The van der Waals surface area contributed by atoms with Gasteiger partial charge in [0.2, 0.25) is 0 Å². The van der Waals surface area contributed by atoms with Gasteiger partial charge in [-0.15, -0.1) is 0 Å². The number of benzene rings is 1. The lowest BCUT2D eigenvalue weighted by Crippen LogP contribution is -2.29. The molecule has 0 aliphatic carbocycles. The number of likely N-dealkylation sites (tertiary alicyclic amines) is 1. The summed E-state index contributed by atoms with van der Waals surface area (Å²) < 4.78 is 16.0. The van der Waals surface area contributed by atoms with Gasteiger partial charge in [-0.3, -0.25) is 9.78 Å². The second-order valence-corrected chi connectivity index (χ2v) is 6.38. The molecule has 0 spiro atoms. The van der Waals surface area contributed by atoms with Crippen LogP contribution in [0.2, 0.25) is 0 Å². The molecule has 1 amide bonds. The maximum atomic E-state index is 13.1. The fourth-order valence-electron chi connectivity index (χ4n) is 3.55. The Bertz CT molecular complexity index is 751. The van der Waals surface area contributed by atoms with Crippen molar-refractivity contribution in [1.82, 2.24) is 9.88 Å². The van der Waals surface area contributed by atoms with E-state index >= 15 is 0 Å². The van der Waals surface area contributed by atoms with Crippen LogP contribution in [-0.2, 0) is 4.74 Å². The molecule has 6 nitrogen and oxygen atoms in total. The Balaban J connectivity index is 1.84. The maximum absolute atomic E-state index is 13.1. The highest BCUT2D eigenvalue weighted by atomic mass is 16.5. The first-order chi connectivity index (χ1) is 12.7. The number of rotatable bonds is 6. The summed E-state index contributed by atoms with van der Waals surface area (Å²) in [7, 11) is 4.84. The van der Waals surface area contributed by atoms with Gasteiger partial charge in [0, 0.05) is 50.5 Å². The number of aromatic nitrogens is 1. The zero-order chi connectivity index (χ0) is 18.5. The number of carbonyl (C=O) groups is 1. The lowest BCUT2D eigenvalue weighted by molar-refractivity contribution is 0.0772. The number of hydrogen-bond acceptors (Lipinski definition) is 5. The third kappa shape index (κ3) is 3.65. The first kappa shape index (κ1) is 18.2. The Labute approximate surface area is 153 Å². The Morgan fingerprint density at radius 3 is 2.54 bits per heavy atom. The van der Waals surface area contributed by atoms with Gasteiger partial charge in [0.05, 0.1) is 26.4 Å². The van der Waals surface area contributed by atoms with E-state index in [1.165, 1.54) is 5.56 Å². The highest BCUT2D eigenvalue weighted by Crippen LogP contribution is 2.35. The van der Waals surface area contributed by atoms with Crippen molar-refractivity contribution in [3.63, 3.8) is 0 Å². The van der Waals surface area contributed by atoms with Crippen LogP contribution < -0.4 is 9.47 Å². The summed E-state index contributed by atoms with van der Waals surface area (Å²) in [4.78, 5) is 19.1. The number of nitrogens with zero attached hydrogens (tertiary/aromatic N) is 2. The maximum Gasteiger partial charge on any atom is 0.257 e. The fraction of sp³-hybridized carbons (Fsp3) is 0.400. The van der Waals surface area contributed by atoms with Crippen LogP contribution in [0.25, 0.3) is 0 Å². The van der Waals surface area contributed by atoms with Crippen molar-refractivity contribution < 1.29 is 19.0 Å². The summed E-state index contributed by atoms with van der Waals surface area (Å²) in [5, 5.41) is 0. The van der Waals surface area contributed by atoms with Crippen LogP contribution in [0.15, 0.2) is 42.7 Å². The lowest BCUT2D eigenvalue weighted by atomic mass is 9.90. The van der Waals surface area contributed by atoms with Crippen molar-refractivity contribution in [1.29, 1.82) is 0 Å². The van der Waals surface area contributed by atoms with E-state index in [1.807, 2.05) is 17.0 Å². The smallest absolute Gasteiger partial charge is 0.257 e. The van der Waals surface area contributed by atoms with Crippen LogP contribution in [0.1, 0.15) is 21.8 Å². The molecule has 138 valence electrons. The Hall–Kier alpha value is -2.60. The molecule has 2 unspecified atom stereocenters. The summed E-state index contributed by atoms with van der Waals surface area (Å²) in [6.45, 7) is 1.90. The Morgan fingerprint density at radius 2 is 1.88 bits per heavy atom. The van der Waals surface area contributed by atoms with E-state index in [0.29, 0.717) is 36.8 Å². The van der Waals surface area contributed by atoms with Crippen LogP contribution >= 0.6 is 0 Å². The molecular weight excluding hydrogens is 332 g/mol. The van der Waals surface area contributed by atoms with Crippen LogP contribution in [0.5, 0.6) is 11.5 Å². The molecule has 1 aliphatic rings. The average Bonchev–Trinajstić information content (AvgIpc) is 3.11. The predicted molar refractivity (Wildman–Crippen MR) is 97.8 cm³/mol. The van der Waals surface area contributed by atoms with E-state index in [2.05, 4.69) is 4.98 Å². The first-order valence-corrected chi connectivity index (χ1v) is 8.58. The second-order valence-electron chi connectivity index (χ2n) is 6.38. The van der Waals surface area contributed by atoms with Gasteiger partial charge >= 0.3 is 0 Å². The summed E-state index contributed by atoms with van der Waals surface area (Å²) in [5.74, 6) is 1.61. The molecule has 0 saturated carbocycles. The monoisotopic (exact) mass is 356 g/mol. The molecule has 0 N–H and O–H groups in total. The van der Waals surface area contributed by atoms with Crippen molar-refractivity contribution in [2.45, 2.75) is 5.92 Å². The topological polar surface area (TPSA) is 60.9 Å². The summed E-state index contributed by atoms with van der Waals surface area (Å²) in [6, 6.07) is 9.28. The largest absolute Gasteiger partial charge is 0.497 e. The SMILES string of the molecule is COCC1CN(C(=O)c2ccc(OC)cc2OC)CC1c1ccncc1. The van der Waals surface area contributed by atoms with Gasteiger partial charge in [0.1, 0.15) is 11.5 Å². The molecule has 1 aromatic heterocycles. The Kier molecular flexibility index (Phi) is 5.73. The Morgan fingerprint density at radius 1 is 1.12 bits per heavy atom. The molecular formula is C20H24N2O4. The van der Waals surface area contributed by atoms with E-state index < -0.39 is 0 Å². The quantitative estimate of drug-likeness (QED) is 0.796. The van der Waals surface area contributed by atoms with Gasteiger partial charge < -0.3 is 19.1 Å². The van der Waals surface area contributed by atoms with Crippen molar-refractivity contribution >= 4 is 5.91 Å². The van der Waals surface area contributed by atoms with Gasteiger partial charge in [0.25, 0.3) is 5.91 Å². The number of ether oxygens (including phenoxy) is 3. The van der Waals surface area contributed by atoms with Crippen molar-refractivity contribution in [2.24, 2.45) is 5.92 Å². The van der Waals surface area contributed by atoms with E-state index in [4.69, 9.17) is 14.2 Å². The summed E-state index contributed by atoms with van der Waals surface area (Å²) in [6.07, 6.45) is 3.58. The molecule has 1 aromatic carbocycles. The van der Waals surface area contributed by atoms with E-state index in [1.54, 1.807) is 51.9 Å². The molecule has 2 atom stereocenters. The fourth-order valence-corrected chi connectivity index (χ4v) is 3.55. The number of carbonyl (C=O) groups excluding carboxylic acids is 1. The molecule has 0 radical (unpaired) electrons. The van der Waals surface area contributed by atoms with Crippen molar-refractivity contribution in [2.75, 3.05) is 41.0 Å². The third-order valence-electron chi connectivity index (χ3n) is 4.88. The molecule has 2 aromatic rings. The van der Waals surface area contributed by atoms with E-state index in [-0.39, 0.29) is 17.7 Å². The standard InChI is InChI=1S/C20H24N2O4/c1-24-13-15-11-22(12-18(15)14-6-8-21-9-7-14)20(23)17-5-4-16(25-2)10-19(17)26-3/h4-10,15,18H,11-13H2,1-3H3. The molecule has 26 heavy (non-hydrogen) atoms. The molecule has 6 heteroatoms. The van der Waals surface area contributed by atoms with Crippen molar-refractivity contribution in [3.05, 3.63) is 53.9 Å². The number of hydrogen-bond donors (Lipinski definition) is 0. The summed E-state index contributed by atoms with van der Waals surface area (Å²) >= 11 is 0. The zero-order valence-electron chi connectivity index (χ0n) is 15.3. The third-order valence-corrected chi connectivity index (χ3v) is 4.88. The molecule has 1 aliphatic heterocycles. The van der Waals surface area contributed by atoms with Crippen LogP contribution in [0.3, 0.4) is 0 Å². The van der Waals surface area contributed by atoms with Crippen LogP contribution in [-0.4, -0.2) is 56.8 Å². The highest BCUT2D eigenvalue weighted by molar-refractivity contribution is 5.97. The van der Waals surface area contributed by atoms with Gasteiger partial charge in [-0.1, -0.05) is 0 Å².